The van der Waals surface area contributed by atoms with Crippen molar-refractivity contribution in [2.24, 2.45) is 0 Å². The van der Waals surface area contributed by atoms with Crippen LogP contribution in [0.3, 0.4) is 0 Å². The fourth-order valence-corrected chi connectivity index (χ4v) is 4.57. The molecule has 0 spiro atoms. The molecule has 5 aromatic rings. The van der Waals surface area contributed by atoms with Gasteiger partial charge in [0.1, 0.15) is 24.2 Å². The topological polar surface area (TPSA) is 106 Å². The van der Waals surface area contributed by atoms with E-state index in [2.05, 4.69) is 15.0 Å². The molecule has 182 valence electrons. The van der Waals surface area contributed by atoms with E-state index in [1.54, 1.807) is 12.1 Å². The highest BCUT2D eigenvalue weighted by Gasteiger charge is 2.30. The fourth-order valence-electron chi connectivity index (χ4n) is 4.57. The first-order chi connectivity index (χ1) is 17.5. The van der Waals surface area contributed by atoms with Crippen molar-refractivity contribution >= 4 is 28.2 Å². The van der Waals surface area contributed by atoms with Gasteiger partial charge in [0.05, 0.1) is 37.0 Å². The van der Waals surface area contributed by atoms with Gasteiger partial charge in [0.25, 0.3) is 0 Å². The highest BCUT2D eigenvalue weighted by Crippen LogP contribution is 2.37. The molecule has 0 fully saturated rings. The number of rotatable bonds is 4. The Morgan fingerprint density at radius 3 is 2.89 bits per heavy atom. The second-order valence-corrected chi connectivity index (χ2v) is 8.25. The van der Waals surface area contributed by atoms with E-state index in [0.29, 0.717) is 23.0 Å². The summed E-state index contributed by atoms with van der Waals surface area (Å²) >= 11 is 0. The summed E-state index contributed by atoms with van der Waals surface area (Å²) in [5.41, 5.74) is 1.43. The molecule has 0 aliphatic carbocycles. The Balaban J connectivity index is 1.61. The summed E-state index contributed by atoms with van der Waals surface area (Å²) in [5.74, 6) is -1.40. The number of halogens is 2. The molecule has 1 atom stereocenters. The number of methoxy groups -OCH3 is 1. The van der Waals surface area contributed by atoms with Crippen LogP contribution in [0, 0.1) is 11.6 Å². The molecule has 4 heterocycles. The lowest BCUT2D eigenvalue weighted by atomic mass is 10.00. The number of fused-ring (bicyclic) bond motifs is 3. The van der Waals surface area contributed by atoms with Crippen molar-refractivity contribution in [3.63, 3.8) is 0 Å². The van der Waals surface area contributed by atoms with E-state index < -0.39 is 29.3 Å². The number of carbonyl (C=O) groups excluding carboxylic acids is 1. The molecule has 1 aliphatic heterocycles. The number of nitrogens with zero attached hydrogens (tertiary/aromatic N) is 6. The van der Waals surface area contributed by atoms with Crippen LogP contribution in [0.2, 0.25) is 0 Å². The zero-order valence-corrected chi connectivity index (χ0v) is 18.9. The standard InChI is InChI=1S/C24H18F2N6O4/c1-35-20(33)11-30-19-10-27-23(31-12-28-16-6-5-13(25)9-18(16)31)29-22(19)32(24(30)34)17-7-8-36-21-14(17)3-2-4-15(21)26/h2-6,9-10,12,17H,7-8,11H2,1H3/t17-/m1/s1. The van der Waals surface area contributed by atoms with Crippen LogP contribution in [0.15, 0.2) is 53.7 Å². The molecule has 0 N–H and O–H groups in total. The monoisotopic (exact) mass is 492 g/mol. The van der Waals surface area contributed by atoms with Gasteiger partial charge in [-0.1, -0.05) is 12.1 Å². The van der Waals surface area contributed by atoms with Crippen molar-refractivity contribution < 1.29 is 23.0 Å². The number of benzene rings is 2. The predicted molar refractivity (Wildman–Crippen MR) is 123 cm³/mol. The van der Waals surface area contributed by atoms with Crippen LogP contribution >= 0.6 is 0 Å². The zero-order chi connectivity index (χ0) is 25.0. The number of hydrogen-bond acceptors (Lipinski definition) is 7. The Kier molecular flexibility index (Phi) is 5.02. The van der Waals surface area contributed by atoms with Crippen molar-refractivity contribution in [1.29, 1.82) is 0 Å². The molecule has 0 radical (unpaired) electrons. The molecule has 10 nitrogen and oxygen atoms in total. The van der Waals surface area contributed by atoms with Gasteiger partial charge in [0.15, 0.2) is 17.2 Å². The van der Waals surface area contributed by atoms with Gasteiger partial charge in [0.2, 0.25) is 5.95 Å². The lowest BCUT2D eigenvalue weighted by molar-refractivity contribution is -0.141. The zero-order valence-electron chi connectivity index (χ0n) is 18.9. The van der Waals surface area contributed by atoms with Gasteiger partial charge in [-0.2, -0.15) is 4.98 Å². The number of ether oxygens (including phenoxy) is 2. The number of para-hydroxylation sites is 1. The minimum Gasteiger partial charge on any atom is -0.490 e. The van der Waals surface area contributed by atoms with Crippen molar-refractivity contribution in [3.05, 3.63) is 76.6 Å². The number of esters is 1. The second-order valence-electron chi connectivity index (χ2n) is 8.25. The molecule has 2 aromatic carbocycles. The average molecular weight is 492 g/mol. The van der Waals surface area contributed by atoms with Gasteiger partial charge >= 0.3 is 11.7 Å². The van der Waals surface area contributed by atoms with Crippen LogP contribution in [0.5, 0.6) is 5.75 Å². The molecule has 1 aliphatic rings. The second kappa shape index (κ2) is 8.26. The van der Waals surface area contributed by atoms with Crippen LogP contribution in [-0.2, 0) is 16.1 Å². The Hall–Kier alpha value is -4.61. The van der Waals surface area contributed by atoms with Gasteiger partial charge in [-0.05, 0) is 18.2 Å². The third-order valence-electron chi connectivity index (χ3n) is 6.24. The van der Waals surface area contributed by atoms with Gasteiger partial charge in [0, 0.05) is 18.1 Å². The van der Waals surface area contributed by atoms with E-state index in [4.69, 9.17) is 9.47 Å². The number of aromatic nitrogens is 6. The summed E-state index contributed by atoms with van der Waals surface area (Å²) in [5, 5.41) is 0. The molecular formula is C24H18F2N6O4. The largest absolute Gasteiger partial charge is 0.490 e. The van der Waals surface area contributed by atoms with Crippen LogP contribution in [0.4, 0.5) is 8.78 Å². The lowest BCUT2D eigenvalue weighted by Crippen LogP contribution is -2.32. The molecule has 0 bridgehead atoms. The Bertz CT molecular complexity index is 1720. The highest BCUT2D eigenvalue weighted by atomic mass is 19.1. The summed E-state index contributed by atoms with van der Waals surface area (Å²) in [7, 11) is 1.22. The third kappa shape index (κ3) is 3.33. The predicted octanol–water partition coefficient (Wildman–Crippen LogP) is 2.76. The van der Waals surface area contributed by atoms with Gasteiger partial charge < -0.3 is 9.47 Å². The molecular weight excluding hydrogens is 474 g/mol. The van der Waals surface area contributed by atoms with E-state index in [1.165, 1.54) is 57.6 Å². The van der Waals surface area contributed by atoms with Gasteiger partial charge in [-0.15, -0.1) is 0 Å². The van der Waals surface area contributed by atoms with E-state index in [9.17, 15) is 18.4 Å². The molecule has 36 heavy (non-hydrogen) atoms. The van der Waals surface area contributed by atoms with Crippen molar-refractivity contribution in [2.75, 3.05) is 13.7 Å². The van der Waals surface area contributed by atoms with Crippen LogP contribution in [-0.4, -0.2) is 48.3 Å². The van der Waals surface area contributed by atoms with Gasteiger partial charge in [-0.25, -0.2) is 23.5 Å². The Labute approximate surface area is 201 Å². The fraction of sp³-hybridized carbons (Fsp3) is 0.208. The third-order valence-corrected chi connectivity index (χ3v) is 6.24. The molecule has 0 saturated carbocycles. The molecule has 0 saturated heterocycles. The summed E-state index contributed by atoms with van der Waals surface area (Å²) < 4.78 is 42.8. The first-order valence-electron chi connectivity index (χ1n) is 11.0. The minimum atomic E-state index is -0.630. The van der Waals surface area contributed by atoms with Crippen LogP contribution < -0.4 is 10.4 Å². The Morgan fingerprint density at radius 1 is 1.19 bits per heavy atom. The average Bonchev–Trinajstić information content (AvgIpc) is 3.42. The summed E-state index contributed by atoms with van der Waals surface area (Å²) in [4.78, 5) is 39.0. The number of imidazole rings is 2. The summed E-state index contributed by atoms with van der Waals surface area (Å²) in [6.45, 7) is -0.182. The van der Waals surface area contributed by atoms with E-state index in [1.807, 2.05) is 0 Å². The minimum absolute atomic E-state index is 0.0693. The van der Waals surface area contributed by atoms with E-state index in [-0.39, 0.29) is 36.0 Å². The van der Waals surface area contributed by atoms with E-state index in [0.717, 1.165) is 0 Å². The highest BCUT2D eigenvalue weighted by molar-refractivity contribution is 5.78. The van der Waals surface area contributed by atoms with Crippen LogP contribution in [0.25, 0.3) is 28.1 Å². The summed E-state index contributed by atoms with van der Waals surface area (Å²) in [6, 6.07) is 8.05. The number of hydrogen-bond donors (Lipinski definition) is 0. The molecule has 6 rings (SSSR count). The molecule has 3 aromatic heterocycles. The Morgan fingerprint density at radius 2 is 2.06 bits per heavy atom. The molecule has 0 amide bonds. The molecule has 12 heteroatoms. The normalized spacial score (nSPS) is 15.1. The smallest absolute Gasteiger partial charge is 0.331 e. The first kappa shape index (κ1) is 21.9. The van der Waals surface area contributed by atoms with Gasteiger partial charge in [-0.3, -0.25) is 18.5 Å². The maximum absolute atomic E-state index is 14.5. The SMILES string of the molecule is COC(=O)Cn1c(=O)n([C@@H]2CCOc3c(F)cccc32)c2nc(-n3cnc4ccc(F)cc43)ncc21. The molecule has 0 unspecified atom stereocenters. The van der Waals surface area contributed by atoms with Crippen molar-refractivity contribution in [3.8, 4) is 11.7 Å². The summed E-state index contributed by atoms with van der Waals surface area (Å²) in [6.07, 6.45) is 3.24. The first-order valence-corrected chi connectivity index (χ1v) is 11.0. The maximum Gasteiger partial charge on any atom is 0.331 e. The quantitative estimate of drug-likeness (QED) is 0.355. The van der Waals surface area contributed by atoms with Crippen LogP contribution in [0.1, 0.15) is 18.0 Å². The number of carbonyl (C=O) groups is 1. The maximum atomic E-state index is 14.5. The van der Waals surface area contributed by atoms with Crippen molar-refractivity contribution in [1.82, 2.24) is 28.7 Å². The van der Waals surface area contributed by atoms with Crippen molar-refractivity contribution in [2.45, 2.75) is 19.0 Å². The van der Waals surface area contributed by atoms with E-state index >= 15 is 0 Å². The lowest BCUT2D eigenvalue weighted by Gasteiger charge is -2.26.